The van der Waals surface area contributed by atoms with Gasteiger partial charge in [-0.3, -0.25) is 4.79 Å². The maximum Gasteiger partial charge on any atom is 0.303 e. The predicted octanol–water partition coefficient (Wildman–Crippen LogP) is 3.28. The summed E-state index contributed by atoms with van der Waals surface area (Å²) >= 11 is 0. The fourth-order valence-corrected chi connectivity index (χ4v) is 1.89. The fourth-order valence-electron chi connectivity index (χ4n) is 1.89. The molecule has 88 valence electrons. The van der Waals surface area contributed by atoms with E-state index in [1.54, 1.807) is 0 Å². The van der Waals surface area contributed by atoms with Gasteiger partial charge >= 0.3 is 5.97 Å². The topological polar surface area (TPSA) is 37.3 Å². The van der Waals surface area contributed by atoms with Crippen LogP contribution >= 0.6 is 0 Å². The average Bonchev–Trinajstić information content (AvgIpc) is 2.19. The second kappa shape index (κ2) is 5.69. The van der Waals surface area contributed by atoms with Crippen molar-refractivity contribution in [1.82, 2.24) is 0 Å². The van der Waals surface area contributed by atoms with Crippen LogP contribution in [-0.2, 0) is 11.2 Å². The Morgan fingerprint density at radius 2 is 1.94 bits per heavy atom. The van der Waals surface area contributed by atoms with Crippen molar-refractivity contribution in [1.29, 1.82) is 0 Å². The number of carbonyl (C=O) groups is 1. The van der Waals surface area contributed by atoms with Crippen molar-refractivity contribution in [2.24, 2.45) is 11.8 Å². The Morgan fingerprint density at radius 3 is 2.44 bits per heavy atom. The number of rotatable bonds is 5. The highest BCUT2D eigenvalue weighted by Crippen LogP contribution is 2.22. The average molecular weight is 220 g/mol. The van der Waals surface area contributed by atoms with Crippen LogP contribution < -0.4 is 0 Å². The van der Waals surface area contributed by atoms with Gasteiger partial charge in [0.2, 0.25) is 0 Å². The summed E-state index contributed by atoms with van der Waals surface area (Å²) in [5.74, 6) is -0.0819. The van der Waals surface area contributed by atoms with E-state index in [2.05, 4.69) is 32.9 Å². The molecule has 0 aliphatic rings. The summed E-state index contributed by atoms with van der Waals surface area (Å²) in [6.45, 7) is 6.26. The quantitative estimate of drug-likeness (QED) is 0.826. The van der Waals surface area contributed by atoms with Crippen molar-refractivity contribution in [3.05, 3.63) is 35.4 Å². The van der Waals surface area contributed by atoms with Gasteiger partial charge < -0.3 is 5.11 Å². The van der Waals surface area contributed by atoms with Crippen LogP contribution in [0.3, 0.4) is 0 Å². The van der Waals surface area contributed by atoms with Gasteiger partial charge in [-0.2, -0.15) is 0 Å². The Balaban J connectivity index is 2.76. The van der Waals surface area contributed by atoms with Crippen molar-refractivity contribution >= 4 is 5.97 Å². The van der Waals surface area contributed by atoms with E-state index in [9.17, 15) is 4.79 Å². The van der Waals surface area contributed by atoms with Crippen LogP contribution in [0.2, 0.25) is 0 Å². The molecule has 2 heteroatoms. The van der Waals surface area contributed by atoms with E-state index in [0.717, 1.165) is 6.42 Å². The van der Waals surface area contributed by atoms with Gasteiger partial charge in [-0.05, 0) is 36.3 Å². The van der Waals surface area contributed by atoms with E-state index in [4.69, 9.17) is 5.11 Å². The van der Waals surface area contributed by atoms with Crippen molar-refractivity contribution in [2.45, 2.75) is 33.6 Å². The Hall–Kier alpha value is -1.31. The van der Waals surface area contributed by atoms with Crippen molar-refractivity contribution in [2.75, 3.05) is 0 Å². The lowest BCUT2D eigenvalue weighted by molar-refractivity contribution is -0.138. The number of hydrogen-bond donors (Lipinski definition) is 1. The molecule has 0 radical (unpaired) electrons. The summed E-state index contributed by atoms with van der Waals surface area (Å²) < 4.78 is 0. The molecule has 0 saturated carbocycles. The first-order valence-corrected chi connectivity index (χ1v) is 5.77. The Morgan fingerprint density at radius 1 is 1.31 bits per heavy atom. The van der Waals surface area contributed by atoms with Gasteiger partial charge in [-0.25, -0.2) is 0 Å². The van der Waals surface area contributed by atoms with Gasteiger partial charge in [0.05, 0.1) is 0 Å². The van der Waals surface area contributed by atoms with E-state index < -0.39 is 5.97 Å². The number of aryl methyl sites for hydroxylation is 1. The minimum Gasteiger partial charge on any atom is -0.481 e. The van der Waals surface area contributed by atoms with Gasteiger partial charge in [0.25, 0.3) is 0 Å². The minimum atomic E-state index is -0.702. The first kappa shape index (κ1) is 12.8. The van der Waals surface area contributed by atoms with Crippen molar-refractivity contribution in [3.63, 3.8) is 0 Å². The van der Waals surface area contributed by atoms with Crippen LogP contribution in [-0.4, -0.2) is 11.1 Å². The van der Waals surface area contributed by atoms with Gasteiger partial charge in [0.15, 0.2) is 0 Å². The van der Waals surface area contributed by atoms with Crippen molar-refractivity contribution in [3.8, 4) is 0 Å². The molecule has 1 aromatic carbocycles. The Labute approximate surface area is 97.3 Å². The van der Waals surface area contributed by atoms with E-state index >= 15 is 0 Å². The second-order valence-electron chi connectivity index (χ2n) is 4.73. The van der Waals surface area contributed by atoms with Crippen LogP contribution in [0.15, 0.2) is 24.3 Å². The monoisotopic (exact) mass is 220 g/mol. The van der Waals surface area contributed by atoms with Crippen LogP contribution in [0.4, 0.5) is 0 Å². The minimum absolute atomic E-state index is 0.221. The van der Waals surface area contributed by atoms with Gasteiger partial charge in [-0.1, -0.05) is 38.1 Å². The number of aliphatic carboxylic acids is 1. The lowest BCUT2D eigenvalue weighted by atomic mass is 9.85. The first-order valence-electron chi connectivity index (χ1n) is 5.77. The van der Waals surface area contributed by atoms with Gasteiger partial charge in [-0.15, -0.1) is 0 Å². The molecule has 0 spiro atoms. The van der Waals surface area contributed by atoms with Crippen LogP contribution in [0.25, 0.3) is 0 Å². The Kier molecular flexibility index (Phi) is 4.53. The molecule has 0 unspecified atom stereocenters. The summed E-state index contributed by atoms with van der Waals surface area (Å²) in [5.41, 5.74) is 2.51. The van der Waals surface area contributed by atoms with Crippen LogP contribution in [0.5, 0.6) is 0 Å². The standard InChI is InChI=1S/C14H20O2/c1-10(2)13(9-14(15)16)8-12-7-5-4-6-11(12)3/h4-7,10,13H,8-9H2,1-3H3,(H,15,16)/t13-/m0/s1. The smallest absolute Gasteiger partial charge is 0.303 e. The largest absolute Gasteiger partial charge is 0.481 e. The molecule has 1 atom stereocenters. The molecule has 1 N–H and O–H groups in total. The van der Waals surface area contributed by atoms with Crippen LogP contribution in [0, 0.1) is 18.8 Å². The molecule has 0 aromatic heterocycles. The lowest BCUT2D eigenvalue weighted by Crippen LogP contribution is -2.17. The zero-order valence-electron chi connectivity index (χ0n) is 10.2. The first-order chi connectivity index (χ1) is 7.50. The van der Waals surface area contributed by atoms with Crippen molar-refractivity contribution < 1.29 is 9.90 Å². The number of carboxylic acid groups (broad SMARTS) is 1. The highest BCUT2D eigenvalue weighted by molar-refractivity contribution is 5.67. The SMILES string of the molecule is Cc1ccccc1C[C@@H](CC(=O)O)C(C)C. The normalized spacial score (nSPS) is 12.8. The molecular weight excluding hydrogens is 200 g/mol. The third-order valence-corrected chi connectivity index (χ3v) is 3.12. The third kappa shape index (κ3) is 3.69. The molecule has 0 saturated heterocycles. The molecule has 0 bridgehead atoms. The van der Waals surface area contributed by atoms with E-state index in [-0.39, 0.29) is 12.3 Å². The molecule has 16 heavy (non-hydrogen) atoms. The highest BCUT2D eigenvalue weighted by atomic mass is 16.4. The molecule has 0 amide bonds. The fraction of sp³-hybridized carbons (Fsp3) is 0.500. The summed E-state index contributed by atoms with van der Waals surface area (Å²) in [5, 5.41) is 8.88. The van der Waals surface area contributed by atoms with E-state index in [1.165, 1.54) is 11.1 Å². The maximum atomic E-state index is 10.8. The van der Waals surface area contributed by atoms with E-state index in [1.807, 2.05) is 12.1 Å². The van der Waals surface area contributed by atoms with E-state index in [0.29, 0.717) is 5.92 Å². The summed E-state index contributed by atoms with van der Waals surface area (Å²) in [4.78, 5) is 10.8. The molecule has 1 aromatic rings. The van der Waals surface area contributed by atoms with Gasteiger partial charge in [0, 0.05) is 6.42 Å². The number of hydrogen-bond acceptors (Lipinski definition) is 1. The van der Waals surface area contributed by atoms with Crippen LogP contribution in [0.1, 0.15) is 31.4 Å². The Bertz CT molecular complexity index is 356. The predicted molar refractivity (Wildman–Crippen MR) is 65.5 cm³/mol. The molecular formula is C14H20O2. The second-order valence-corrected chi connectivity index (χ2v) is 4.73. The number of benzene rings is 1. The zero-order chi connectivity index (χ0) is 12.1. The molecule has 0 heterocycles. The summed E-state index contributed by atoms with van der Waals surface area (Å²) in [6, 6.07) is 8.20. The van der Waals surface area contributed by atoms with Gasteiger partial charge in [0.1, 0.15) is 0 Å². The molecule has 0 aliphatic heterocycles. The molecule has 0 fully saturated rings. The summed E-state index contributed by atoms with van der Waals surface area (Å²) in [7, 11) is 0. The molecule has 2 nitrogen and oxygen atoms in total. The number of carboxylic acids is 1. The summed E-state index contributed by atoms with van der Waals surface area (Å²) in [6.07, 6.45) is 1.11. The third-order valence-electron chi connectivity index (χ3n) is 3.12. The lowest BCUT2D eigenvalue weighted by Gasteiger charge is -2.19. The maximum absolute atomic E-state index is 10.8. The zero-order valence-corrected chi connectivity index (χ0v) is 10.2. The molecule has 1 rings (SSSR count). The highest BCUT2D eigenvalue weighted by Gasteiger charge is 2.18. The molecule has 0 aliphatic carbocycles.